The maximum atomic E-state index is 10.1. The minimum absolute atomic E-state index is 0.663. The predicted molar refractivity (Wildman–Crippen MR) is 52.6 cm³/mol. The van der Waals surface area contributed by atoms with Crippen LogP contribution >= 0.6 is 11.6 Å². The van der Waals surface area contributed by atoms with Crippen LogP contribution in [0.15, 0.2) is 24.4 Å². The van der Waals surface area contributed by atoms with Gasteiger partial charge < -0.3 is 10.3 Å². The second-order valence-corrected chi connectivity index (χ2v) is 3.06. The summed E-state index contributed by atoms with van der Waals surface area (Å²) in [4.78, 5) is 13.1. The second-order valence-electron chi connectivity index (χ2n) is 2.62. The Labute approximate surface area is 79.7 Å². The van der Waals surface area contributed by atoms with E-state index in [0.717, 1.165) is 10.9 Å². The first-order valence-electron chi connectivity index (χ1n) is 3.71. The van der Waals surface area contributed by atoms with Crippen LogP contribution in [0.1, 0.15) is 0 Å². The van der Waals surface area contributed by atoms with Crippen molar-refractivity contribution >= 4 is 34.6 Å². The van der Waals surface area contributed by atoms with Gasteiger partial charge in [-0.1, -0.05) is 11.6 Å². The van der Waals surface area contributed by atoms with Gasteiger partial charge in [-0.3, -0.25) is 4.79 Å². The Bertz CT molecular complexity index is 450. The Morgan fingerprint density at radius 1 is 1.46 bits per heavy atom. The second kappa shape index (κ2) is 3.11. The third kappa shape index (κ3) is 1.38. The van der Waals surface area contributed by atoms with Crippen molar-refractivity contribution < 1.29 is 4.79 Å². The van der Waals surface area contributed by atoms with E-state index in [0.29, 0.717) is 10.7 Å². The number of hydrogen-bond donors (Lipinski definition) is 2. The first kappa shape index (κ1) is 8.13. The van der Waals surface area contributed by atoms with Gasteiger partial charge in [0.25, 0.3) is 0 Å². The molecule has 0 aliphatic rings. The van der Waals surface area contributed by atoms with Crippen molar-refractivity contribution in [3.05, 3.63) is 29.4 Å². The molecule has 1 amide bonds. The van der Waals surface area contributed by atoms with E-state index >= 15 is 0 Å². The van der Waals surface area contributed by atoms with Gasteiger partial charge in [-0.25, -0.2) is 0 Å². The third-order valence-electron chi connectivity index (χ3n) is 1.83. The molecule has 0 saturated heterocycles. The van der Waals surface area contributed by atoms with Crippen molar-refractivity contribution in [2.75, 3.05) is 5.32 Å². The van der Waals surface area contributed by atoms with Crippen LogP contribution in [0.25, 0.3) is 10.9 Å². The van der Waals surface area contributed by atoms with Crippen molar-refractivity contribution in [2.45, 2.75) is 0 Å². The number of aromatic nitrogens is 1. The van der Waals surface area contributed by atoms with E-state index < -0.39 is 0 Å². The van der Waals surface area contributed by atoms with Crippen molar-refractivity contribution in [3.8, 4) is 0 Å². The minimum Gasteiger partial charge on any atom is -0.359 e. The minimum atomic E-state index is 0.663. The number of H-pyrrole nitrogens is 1. The first-order chi connectivity index (χ1) is 6.31. The quantitative estimate of drug-likeness (QED) is 0.707. The topological polar surface area (TPSA) is 44.9 Å². The van der Waals surface area contributed by atoms with Crippen molar-refractivity contribution in [1.82, 2.24) is 4.98 Å². The Morgan fingerprint density at radius 3 is 3.08 bits per heavy atom. The molecular formula is C9H6ClN2O. The summed E-state index contributed by atoms with van der Waals surface area (Å²) in [6.45, 7) is 0. The van der Waals surface area contributed by atoms with Gasteiger partial charge in [-0.2, -0.15) is 0 Å². The Kier molecular flexibility index (Phi) is 1.94. The number of halogens is 1. The van der Waals surface area contributed by atoms with E-state index in [9.17, 15) is 4.79 Å². The lowest BCUT2D eigenvalue weighted by Gasteiger charge is -1.94. The number of nitrogens with one attached hydrogen (secondary N) is 2. The zero-order valence-corrected chi connectivity index (χ0v) is 7.35. The molecule has 2 rings (SSSR count). The summed E-state index contributed by atoms with van der Waals surface area (Å²) in [5, 5.41) is 4.06. The molecule has 2 N–H and O–H groups in total. The molecule has 0 bridgehead atoms. The predicted octanol–water partition coefficient (Wildman–Crippen LogP) is 2.30. The van der Waals surface area contributed by atoms with Crippen LogP contribution in [-0.2, 0) is 4.79 Å². The maximum Gasteiger partial charge on any atom is 0.314 e. The molecule has 1 heterocycles. The van der Waals surface area contributed by atoms with Gasteiger partial charge in [-0.15, -0.1) is 0 Å². The van der Waals surface area contributed by atoms with Crippen LogP contribution in [-0.4, -0.2) is 11.4 Å². The number of fused-ring (bicyclic) bond motifs is 1. The van der Waals surface area contributed by atoms with Gasteiger partial charge in [0.2, 0.25) is 0 Å². The average molecular weight is 194 g/mol. The lowest BCUT2D eigenvalue weighted by atomic mass is 10.2. The zero-order valence-electron chi connectivity index (χ0n) is 6.60. The molecule has 0 saturated carbocycles. The number of rotatable bonds is 2. The van der Waals surface area contributed by atoms with Crippen LogP contribution in [0, 0.1) is 0 Å². The summed E-state index contributed by atoms with van der Waals surface area (Å²) in [7, 11) is 0. The van der Waals surface area contributed by atoms with Crippen LogP contribution in [0.3, 0.4) is 0 Å². The van der Waals surface area contributed by atoms with Gasteiger partial charge in [0, 0.05) is 22.1 Å². The van der Waals surface area contributed by atoms with Crippen LogP contribution in [0.4, 0.5) is 5.69 Å². The van der Waals surface area contributed by atoms with Crippen molar-refractivity contribution in [1.29, 1.82) is 0 Å². The van der Waals surface area contributed by atoms with E-state index in [-0.39, 0.29) is 0 Å². The molecule has 0 aliphatic carbocycles. The summed E-state index contributed by atoms with van der Waals surface area (Å²) in [5.74, 6) is 0. The van der Waals surface area contributed by atoms with Gasteiger partial charge in [0.15, 0.2) is 0 Å². The third-order valence-corrected chi connectivity index (χ3v) is 2.06. The highest BCUT2D eigenvalue weighted by Gasteiger charge is 2.02. The lowest BCUT2D eigenvalue weighted by molar-refractivity contribution is 0.561. The number of carbonyl (C=O) groups excluding carboxylic acids is 1. The van der Waals surface area contributed by atoms with Crippen LogP contribution in [0.2, 0.25) is 5.02 Å². The van der Waals surface area contributed by atoms with Gasteiger partial charge in [0.1, 0.15) is 0 Å². The normalized spacial score (nSPS) is 10.2. The number of benzene rings is 1. The summed E-state index contributed by atoms with van der Waals surface area (Å²) in [5.41, 5.74) is 1.60. The number of aromatic amines is 1. The van der Waals surface area contributed by atoms with E-state index in [2.05, 4.69) is 10.3 Å². The molecule has 0 spiro atoms. The monoisotopic (exact) mass is 193 g/mol. The van der Waals surface area contributed by atoms with E-state index in [4.69, 9.17) is 11.6 Å². The first-order valence-corrected chi connectivity index (χ1v) is 4.09. The molecule has 3 nitrogen and oxygen atoms in total. The van der Waals surface area contributed by atoms with Gasteiger partial charge >= 0.3 is 6.41 Å². The molecular weight excluding hydrogens is 188 g/mol. The van der Waals surface area contributed by atoms with E-state index in [1.165, 1.54) is 0 Å². The molecule has 1 aromatic heterocycles. The molecule has 0 fully saturated rings. The highest BCUT2D eigenvalue weighted by atomic mass is 35.5. The number of anilines is 1. The maximum absolute atomic E-state index is 10.1. The van der Waals surface area contributed by atoms with E-state index in [1.54, 1.807) is 24.7 Å². The summed E-state index contributed by atoms with van der Waals surface area (Å²) >= 11 is 5.79. The van der Waals surface area contributed by atoms with Crippen molar-refractivity contribution in [3.63, 3.8) is 0 Å². The number of hydrogen-bond acceptors (Lipinski definition) is 1. The standard InChI is InChI=1S/C9H6ClN2O/c10-6-1-2-7-8(3-6)11-4-9(7)12-5-13/h1-4,11H,(H,12,13). The average Bonchev–Trinajstić information content (AvgIpc) is 2.49. The largest absolute Gasteiger partial charge is 0.359 e. The molecule has 0 aliphatic heterocycles. The summed E-state index contributed by atoms with van der Waals surface area (Å²) in [6.07, 6.45) is 3.32. The van der Waals surface area contributed by atoms with Crippen molar-refractivity contribution in [2.24, 2.45) is 0 Å². The highest BCUT2D eigenvalue weighted by Crippen LogP contribution is 2.24. The molecule has 0 atom stereocenters. The molecule has 0 unspecified atom stereocenters. The Balaban J connectivity index is 2.61. The molecule has 1 radical (unpaired) electrons. The SMILES string of the molecule is O=[C]Nc1c[nH]c2cc(Cl)ccc12. The molecule has 13 heavy (non-hydrogen) atoms. The highest BCUT2D eigenvalue weighted by molar-refractivity contribution is 6.31. The summed E-state index contributed by atoms with van der Waals surface area (Å²) in [6, 6.07) is 5.41. The fraction of sp³-hybridized carbons (Fsp3) is 0. The fourth-order valence-corrected chi connectivity index (χ4v) is 1.43. The molecule has 65 valence electrons. The van der Waals surface area contributed by atoms with E-state index in [1.807, 2.05) is 6.07 Å². The number of amides is 1. The molecule has 4 heteroatoms. The van der Waals surface area contributed by atoms with Gasteiger partial charge in [-0.05, 0) is 18.2 Å². The van der Waals surface area contributed by atoms with Crippen LogP contribution < -0.4 is 5.32 Å². The smallest absolute Gasteiger partial charge is 0.314 e. The Hall–Kier alpha value is -1.48. The molecule has 1 aromatic carbocycles. The van der Waals surface area contributed by atoms with Gasteiger partial charge in [0.05, 0.1) is 5.69 Å². The van der Waals surface area contributed by atoms with Crippen LogP contribution in [0.5, 0.6) is 0 Å². The Morgan fingerprint density at radius 2 is 2.31 bits per heavy atom. The summed E-state index contributed by atoms with van der Waals surface area (Å²) < 4.78 is 0. The fourth-order valence-electron chi connectivity index (χ4n) is 1.26. The molecule has 2 aromatic rings. The lowest BCUT2D eigenvalue weighted by Crippen LogP contribution is -1.90. The zero-order chi connectivity index (χ0) is 9.26.